The molecule has 0 radical (unpaired) electrons. The quantitative estimate of drug-likeness (QED) is 0.847. The van der Waals surface area contributed by atoms with E-state index in [4.69, 9.17) is 33.7 Å². The molecule has 1 heterocycles. The highest BCUT2D eigenvalue weighted by atomic mass is 35.5. The van der Waals surface area contributed by atoms with Gasteiger partial charge in [0.1, 0.15) is 17.4 Å². The van der Waals surface area contributed by atoms with Gasteiger partial charge < -0.3 is 10.5 Å². The summed E-state index contributed by atoms with van der Waals surface area (Å²) in [6.45, 7) is 0. The number of carbonyl (C=O) groups is 1. The largest absolute Gasteiger partial charge is 0.444 e. The van der Waals surface area contributed by atoms with Crippen LogP contribution < -0.4 is 5.73 Å². The molecule has 1 aliphatic carbocycles. The fourth-order valence-electron chi connectivity index (χ4n) is 2.88. The number of nitrogens with two attached hydrogens (primary N) is 1. The molecule has 1 atom stereocenters. The average molecular weight is 335 g/mol. The lowest BCUT2D eigenvalue weighted by Crippen LogP contribution is -2.27. The van der Waals surface area contributed by atoms with Crippen molar-refractivity contribution in [3.05, 3.63) is 56.6 Å². The van der Waals surface area contributed by atoms with E-state index in [1.165, 1.54) is 0 Å². The van der Waals surface area contributed by atoms with Gasteiger partial charge >= 0.3 is 0 Å². The summed E-state index contributed by atoms with van der Waals surface area (Å²) in [5, 5.41) is 10.2. The van der Waals surface area contributed by atoms with E-state index >= 15 is 0 Å². The summed E-state index contributed by atoms with van der Waals surface area (Å²) >= 11 is 12.0. The minimum absolute atomic E-state index is 0.0161. The molecule has 0 saturated heterocycles. The highest BCUT2D eigenvalue weighted by Crippen LogP contribution is 2.44. The van der Waals surface area contributed by atoms with Crippen molar-refractivity contribution in [3.8, 4) is 6.07 Å². The molecule has 0 bridgehead atoms. The minimum atomic E-state index is -0.545. The molecule has 1 aliphatic heterocycles. The van der Waals surface area contributed by atoms with Gasteiger partial charge in [-0.3, -0.25) is 4.79 Å². The van der Waals surface area contributed by atoms with Gasteiger partial charge in [0.05, 0.1) is 16.0 Å². The van der Waals surface area contributed by atoms with Crippen molar-refractivity contribution in [2.45, 2.75) is 25.2 Å². The molecule has 0 aromatic heterocycles. The standard InChI is InChI=1S/C16H12Cl2N2O2/c17-10-5-4-8(6-11(10)18)14-9(7-19)16(20)22-13-3-1-2-12(21)15(13)14/h4-6,14H,1-3,20H2/t14-/m1/s1. The van der Waals surface area contributed by atoms with Crippen LogP contribution in [0.1, 0.15) is 30.7 Å². The molecular weight excluding hydrogens is 323 g/mol. The summed E-state index contributed by atoms with van der Waals surface area (Å²) in [4.78, 5) is 12.4. The molecule has 1 aromatic carbocycles. The van der Waals surface area contributed by atoms with Crippen molar-refractivity contribution in [2.24, 2.45) is 5.73 Å². The first-order chi connectivity index (χ1) is 10.5. The molecular formula is C16H12Cl2N2O2. The zero-order valence-corrected chi connectivity index (χ0v) is 13.0. The second-order valence-electron chi connectivity index (χ2n) is 5.21. The zero-order chi connectivity index (χ0) is 15.9. The summed E-state index contributed by atoms with van der Waals surface area (Å²) in [5.74, 6) is 0.0461. The van der Waals surface area contributed by atoms with E-state index in [1.807, 2.05) is 0 Å². The summed E-state index contributed by atoms with van der Waals surface area (Å²) < 4.78 is 5.50. The van der Waals surface area contributed by atoms with E-state index in [-0.39, 0.29) is 17.2 Å². The van der Waals surface area contributed by atoms with E-state index < -0.39 is 5.92 Å². The van der Waals surface area contributed by atoms with Gasteiger partial charge in [-0.05, 0) is 24.1 Å². The lowest BCUT2D eigenvalue weighted by atomic mass is 9.77. The molecule has 0 unspecified atom stereocenters. The van der Waals surface area contributed by atoms with Crippen LogP contribution in [-0.4, -0.2) is 5.78 Å². The molecule has 0 spiro atoms. The number of allylic oxidation sites excluding steroid dienone is 3. The zero-order valence-electron chi connectivity index (χ0n) is 11.5. The Morgan fingerprint density at radius 2 is 2.05 bits per heavy atom. The first-order valence-corrected chi connectivity index (χ1v) is 7.57. The Balaban J connectivity index is 2.20. The molecule has 112 valence electrons. The summed E-state index contributed by atoms with van der Waals surface area (Å²) in [5.41, 5.74) is 7.31. The number of nitrogens with zero attached hydrogens (tertiary/aromatic N) is 1. The van der Waals surface area contributed by atoms with Crippen LogP contribution in [0.2, 0.25) is 10.0 Å². The van der Waals surface area contributed by atoms with Gasteiger partial charge in [0.25, 0.3) is 0 Å². The van der Waals surface area contributed by atoms with Crippen LogP contribution in [0.15, 0.2) is 41.0 Å². The van der Waals surface area contributed by atoms with Crippen molar-refractivity contribution in [1.29, 1.82) is 5.26 Å². The van der Waals surface area contributed by atoms with Crippen LogP contribution in [0.4, 0.5) is 0 Å². The maximum atomic E-state index is 12.4. The summed E-state index contributed by atoms with van der Waals surface area (Å²) in [7, 11) is 0. The lowest BCUT2D eigenvalue weighted by Gasteiger charge is -2.31. The monoisotopic (exact) mass is 334 g/mol. The fourth-order valence-corrected chi connectivity index (χ4v) is 3.19. The smallest absolute Gasteiger partial charge is 0.205 e. The molecule has 0 saturated carbocycles. The second kappa shape index (κ2) is 5.68. The number of benzene rings is 1. The molecule has 22 heavy (non-hydrogen) atoms. The molecule has 1 aromatic rings. The Labute approximate surface area is 137 Å². The third kappa shape index (κ3) is 2.37. The van der Waals surface area contributed by atoms with Gasteiger partial charge in [0.15, 0.2) is 5.78 Å². The SMILES string of the molecule is N#CC1=C(N)OC2=C(C(=O)CCC2)[C@@H]1c1ccc(Cl)c(Cl)c1. The number of hydrogen-bond donors (Lipinski definition) is 1. The van der Waals surface area contributed by atoms with Gasteiger partial charge in [-0.2, -0.15) is 5.26 Å². The Morgan fingerprint density at radius 3 is 2.73 bits per heavy atom. The van der Waals surface area contributed by atoms with Crippen molar-refractivity contribution >= 4 is 29.0 Å². The maximum absolute atomic E-state index is 12.4. The van der Waals surface area contributed by atoms with Gasteiger partial charge in [-0.15, -0.1) is 0 Å². The molecule has 4 nitrogen and oxygen atoms in total. The Kier molecular flexibility index (Phi) is 3.86. The average Bonchev–Trinajstić information content (AvgIpc) is 2.49. The lowest BCUT2D eigenvalue weighted by molar-refractivity contribution is -0.116. The number of carbonyl (C=O) groups excluding carboxylic acids is 1. The maximum Gasteiger partial charge on any atom is 0.205 e. The Bertz CT molecular complexity index is 775. The Hall–Kier alpha value is -1.96. The van der Waals surface area contributed by atoms with Crippen molar-refractivity contribution in [1.82, 2.24) is 0 Å². The fraction of sp³-hybridized carbons (Fsp3) is 0.250. The molecule has 0 fully saturated rings. The number of nitriles is 1. The van der Waals surface area contributed by atoms with Gasteiger partial charge in [-0.25, -0.2) is 0 Å². The third-order valence-electron chi connectivity index (χ3n) is 3.88. The number of rotatable bonds is 1. The number of ether oxygens (including phenoxy) is 1. The van der Waals surface area contributed by atoms with Crippen molar-refractivity contribution in [3.63, 3.8) is 0 Å². The van der Waals surface area contributed by atoms with Crippen LogP contribution in [0.25, 0.3) is 0 Å². The van der Waals surface area contributed by atoms with Gasteiger partial charge in [0, 0.05) is 18.4 Å². The van der Waals surface area contributed by atoms with Crippen molar-refractivity contribution < 1.29 is 9.53 Å². The third-order valence-corrected chi connectivity index (χ3v) is 4.62. The topological polar surface area (TPSA) is 76.1 Å². The molecule has 2 N–H and O–H groups in total. The summed E-state index contributed by atoms with van der Waals surface area (Å²) in [6, 6.07) is 7.12. The van der Waals surface area contributed by atoms with Gasteiger partial charge in [0.2, 0.25) is 5.88 Å². The minimum Gasteiger partial charge on any atom is -0.444 e. The number of ketones is 1. The highest BCUT2D eigenvalue weighted by Gasteiger charge is 2.38. The number of halogens is 2. The highest BCUT2D eigenvalue weighted by molar-refractivity contribution is 6.42. The van der Waals surface area contributed by atoms with E-state index in [9.17, 15) is 10.1 Å². The van der Waals surface area contributed by atoms with Crippen molar-refractivity contribution in [2.75, 3.05) is 0 Å². The first kappa shape index (κ1) is 15.0. The normalized spacial score (nSPS) is 21.3. The van der Waals surface area contributed by atoms with Crippen LogP contribution in [0.5, 0.6) is 0 Å². The van der Waals surface area contributed by atoms with E-state index in [0.717, 1.165) is 6.42 Å². The molecule has 6 heteroatoms. The number of Topliss-reactive ketones (excluding diaryl/α,β-unsaturated/α-hetero) is 1. The van der Waals surface area contributed by atoms with Crippen LogP contribution in [0.3, 0.4) is 0 Å². The second-order valence-corrected chi connectivity index (χ2v) is 6.03. The predicted octanol–water partition coefficient (Wildman–Crippen LogP) is 3.81. The predicted molar refractivity (Wildman–Crippen MR) is 83.0 cm³/mol. The van der Waals surface area contributed by atoms with E-state index in [0.29, 0.717) is 39.8 Å². The molecule has 3 rings (SSSR count). The molecule has 2 aliphatic rings. The van der Waals surface area contributed by atoms with Crippen LogP contribution in [0, 0.1) is 11.3 Å². The van der Waals surface area contributed by atoms with Gasteiger partial charge in [-0.1, -0.05) is 29.3 Å². The van der Waals surface area contributed by atoms with Crippen LogP contribution in [-0.2, 0) is 9.53 Å². The molecule has 0 amide bonds. The Morgan fingerprint density at radius 1 is 1.27 bits per heavy atom. The first-order valence-electron chi connectivity index (χ1n) is 6.81. The number of hydrogen-bond acceptors (Lipinski definition) is 4. The van der Waals surface area contributed by atoms with Crippen LogP contribution >= 0.6 is 23.2 Å². The van der Waals surface area contributed by atoms with E-state index in [1.54, 1.807) is 18.2 Å². The van der Waals surface area contributed by atoms with E-state index in [2.05, 4.69) is 6.07 Å². The summed E-state index contributed by atoms with van der Waals surface area (Å²) in [6.07, 6.45) is 1.80.